The van der Waals surface area contributed by atoms with Gasteiger partial charge in [-0.1, -0.05) is 13.8 Å². The van der Waals surface area contributed by atoms with Gasteiger partial charge in [0.05, 0.1) is 5.75 Å². The maximum absolute atomic E-state index is 13.7. The zero-order valence-corrected chi connectivity index (χ0v) is 10.6. The lowest BCUT2D eigenvalue weighted by molar-refractivity contribution is 0.0685. The molecule has 100 valence electrons. The third kappa shape index (κ3) is 2.84. The summed E-state index contributed by atoms with van der Waals surface area (Å²) in [5.74, 6) is -5.29. The van der Waals surface area contributed by atoms with Crippen LogP contribution in [-0.2, 0) is 9.84 Å². The third-order valence-electron chi connectivity index (χ3n) is 2.16. The molecule has 0 amide bonds. The van der Waals surface area contributed by atoms with E-state index in [0.29, 0.717) is 6.07 Å². The molecule has 18 heavy (non-hydrogen) atoms. The van der Waals surface area contributed by atoms with Gasteiger partial charge in [0.2, 0.25) is 0 Å². The molecule has 1 N–H and O–H groups in total. The summed E-state index contributed by atoms with van der Waals surface area (Å²) >= 11 is 0. The number of halogens is 2. The Hall–Kier alpha value is -1.50. The molecule has 0 aliphatic heterocycles. The quantitative estimate of drug-likeness (QED) is 0.856. The fourth-order valence-electron chi connectivity index (χ4n) is 1.50. The molecule has 4 nitrogen and oxygen atoms in total. The first-order chi connectivity index (χ1) is 8.16. The van der Waals surface area contributed by atoms with Crippen LogP contribution in [0.2, 0.25) is 0 Å². The SMILES string of the molecule is CC(C)CS(=O)(=O)c1ccc(F)c(C(=O)O)c1F. The Kier molecular flexibility index (Phi) is 4.05. The van der Waals surface area contributed by atoms with E-state index >= 15 is 0 Å². The monoisotopic (exact) mass is 278 g/mol. The molecule has 0 aromatic heterocycles. The maximum atomic E-state index is 13.7. The summed E-state index contributed by atoms with van der Waals surface area (Å²) in [6.07, 6.45) is 0. The van der Waals surface area contributed by atoms with Crippen molar-refractivity contribution in [2.45, 2.75) is 18.7 Å². The molecule has 0 spiro atoms. The molecule has 0 fully saturated rings. The molecule has 1 aromatic carbocycles. The van der Waals surface area contributed by atoms with E-state index in [1.807, 2.05) is 0 Å². The van der Waals surface area contributed by atoms with E-state index in [4.69, 9.17) is 5.11 Å². The zero-order chi connectivity index (χ0) is 14.1. The predicted octanol–water partition coefficient (Wildman–Crippen LogP) is 2.09. The molecule has 0 atom stereocenters. The Bertz CT molecular complexity index is 579. The second kappa shape index (κ2) is 5.01. The van der Waals surface area contributed by atoms with Crippen LogP contribution in [0.5, 0.6) is 0 Å². The van der Waals surface area contributed by atoms with E-state index in [2.05, 4.69) is 0 Å². The van der Waals surface area contributed by atoms with Crippen molar-refractivity contribution in [3.63, 3.8) is 0 Å². The average molecular weight is 278 g/mol. The maximum Gasteiger partial charge on any atom is 0.341 e. The Morgan fingerprint density at radius 3 is 2.33 bits per heavy atom. The van der Waals surface area contributed by atoms with Gasteiger partial charge in [0.15, 0.2) is 15.7 Å². The normalized spacial score (nSPS) is 11.8. The summed E-state index contributed by atoms with van der Waals surface area (Å²) < 4.78 is 50.4. The fraction of sp³-hybridized carbons (Fsp3) is 0.364. The van der Waals surface area contributed by atoms with Crippen molar-refractivity contribution < 1.29 is 27.1 Å². The molecule has 0 unspecified atom stereocenters. The lowest BCUT2D eigenvalue weighted by Crippen LogP contribution is -2.16. The highest BCUT2D eigenvalue weighted by molar-refractivity contribution is 7.91. The van der Waals surface area contributed by atoms with Gasteiger partial charge in [-0.2, -0.15) is 0 Å². The molecule has 0 heterocycles. The predicted molar refractivity (Wildman–Crippen MR) is 60.2 cm³/mol. The van der Waals surface area contributed by atoms with E-state index < -0.39 is 37.9 Å². The van der Waals surface area contributed by atoms with Crippen molar-refractivity contribution in [1.82, 2.24) is 0 Å². The minimum absolute atomic E-state index is 0.257. The molecule has 7 heteroatoms. The number of hydrogen-bond acceptors (Lipinski definition) is 3. The van der Waals surface area contributed by atoms with Crippen LogP contribution < -0.4 is 0 Å². The highest BCUT2D eigenvalue weighted by Gasteiger charge is 2.27. The number of carboxylic acids is 1. The zero-order valence-electron chi connectivity index (χ0n) is 9.78. The summed E-state index contributed by atoms with van der Waals surface area (Å²) in [6.45, 7) is 3.24. The molecule has 1 rings (SSSR count). The number of sulfone groups is 1. The van der Waals surface area contributed by atoms with Gasteiger partial charge in [0.1, 0.15) is 16.3 Å². The van der Waals surface area contributed by atoms with Crippen LogP contribution >= 0.6 is 0 Å². The summed E-state index contributed by atoms with van der Waals surface area (Å²) in [7, 11) is -3.97. The summed E-state index contributed by atoms with van der Waals surface area (Å²) in [6, 6.07) is 1.38. The Labute approximate surface area is 103 Å². The van der Waals surface area contributed by atoms with Gasteiger partial charge in [-0.15, -0.1) is 0 Å². The second-order valence-electron chi connectivity index (χ2n) is 4.21. The molecule has 0 radical (unpaired) electrons. The van der Waals surface area contributed by atoms with Crippen LogP contribution in [0.25, 0.3) is 0 Å². The lowest BCUT2D eigenvalue weighted by atomic mass is 10.2. The topological polar surface area (TPSA) is 71.4 Å². The standard InChI is InChI=1S/C11H12F2O4S/c1-6(2)5-18(16,17)8-4-3-7(12)9(10(8)13)11(14)15/h3-4,6H,5H2,1-2H3,(H,14,15). The van der Waals surface area contributed by atoms with Gasteiger partial charge >= 0.3 is 5.97 Å². The smallest absolute Gasteiger partial charge is 0.341 e. The minimum Gasteiger partial charge on any atom is -0.477 e. The Balaban J connectivity index is 3.45. The third-order valence-corrected chi connectivity index (χ3v) is 4.25. The van der Waals surface area contributed by atoms with E-state index in [9.17, 15) is 22.0 Å². The van der Waals surface area contributed by atoms with Crippen LogP contribution in [0.4, 0.5) is 8.78 Å². The minimum atomic E-state index is -3.97. The first kappa shape index (κ1) is 14.6. The number of rotatable bonds is 4. The van der Waals surface area contributed by atoms with E-state index in [-0.39, 0.29) is 11.7 Å². The van der Waals surface area contributed by atoms with Crippen LogP contribution in [0.3, 0.4) is 0 Å². The van der Waals surface area contributed by atoms with Crippen LogP contribution in [0.1, 0.15) is 24.2 Å². The fourth-order valence-corrected chi connectivity index (χ4v) is 3.21. The van der Waals surface area contributed by atoms with E-state index in [0.717, 1.165) is 6.07 Å². The average Bonchev–Trinajstić information content (AvgIpc) is 2.13. The molecule has 0 bridgehead atoms. The molecule has 0 saturated carbocycles. The molecule has 0 aliphatic carbocycles. The number of benzene rings is 1. The van der Waals surface area contributed by atoms with Gasteiger partial charge in [0, 0.05) is 0 Å². The van der Waals surface area contributed by atoms with Gasteiger partial charge in [-0.3, -0.25) is 0 Å². The second-order valence-corrected chi connectivity index (χ2v) is 6.22. The van der Waals surface area contributed by atoms with Gasteiger partial charge in [-0.25, -0.2) is 22.0 Å². The Morgan fingerprint density at radius 1 is 1.33 bits per heavy atom. The highest BCUT2D eigenvalue weighted by atomic mass is 32.2. The number of hydrogen-bond donors (Lipinski definition) is 1. The van der Waals surface area contributed by atoms with Crippen molar-refractivity contribution in [1.29, 1.82) is 0 Å². The number of carbonyl (C=O) groups is 1. The van der Waals surface area contributed by atoms with Crippen molar-refractivity contribution in [3.8, 4) is 0 Å². The summed E-state index contributed by atoms with van der Waals surface area (Å²) in [5, 5.41) is 8.64. The molecule has 0 saturated heterocycles. The van der Waals surface area contributed by atoms with Crippen LogP contribution in [0, 0.1) is 17.6 Å². The Morgan fingerprint density at radius 2 is 1.89 bits per heavy atom. The molecule has 1 aromatic rings. The molecular weight excluding hydrogens is 266 g/mol. The summed E-state index contributed by atoms with van der Waals surface area (Å²) in [4.78, 5) is 9.89. The highest BCUT2D eigenvalue weighted by Crippen LogP contribution is 2.23. The van der Waals surface area contributed by atoms with Gasteiger partial charge in [0.25, 0.3) is 0 Å². The van der Waals surface area contributed by atoms with Crippen molar-refractivity contribution in [2.75, 3.05) is 5.75 Å². The molecule has 0 aliphatic rings. The van der Waals surface area contributed by atoms with Gasteiger partial charge < -0.3 is 5.11 Å². The van der Waals surface area contributed by atoms with Crippen molar-refractivity contribution in [2.24, 2.45) is 5.92 Å². The van der Waals surface area contributed by atoms with Crippen molar-refractivity contribution in [3.05, 3.63) is 29.3 Å². The van der Waals surface area contributed by atoms with Crippen LogP contribution in [0.15, 0.2) is 17.0 Å². The first-order valence-electron chi connectivity index (χ1n) is 5.11. The first-order valence-corrected chi connectivity index (χ1v) is 6.76. The number of aromatic carboxylic acids is 1. The lowest BCUT2D eigenvalue weighted by Gasteiger charge is -2.09. The summed E-state index contributed by atoms with van der Waals surface area (Å²) in [5.41, 5.74) is -1.25. The largest absolute Gasteiger partial charge is 0.477 e. The van der Waals surface area contributed by atoms with Crippen LogP contribution in [-0.4, -0.2) is 25.2 Å². The molecular formula is C11H12F2O4S. The number of carboxylic acid groups (broad SMARTS) is 1. The van der Waals surface area contributed by atoms with Crippen molar-refractivity contribution >= 4 is 15.8 Å². The van der Waals surface area contributed by atoms with E-state index in [1.54, 1.807) is 13.8 Å². The van der Waals surface area contributed by atoms with E-state index in [1.165, 1.54) is 0 Å². The van der Waals surface area contributed by atoms with Gasteiger partial charge in [-0.05, 0) is 18.1 Å².